The first-order chi connectivity index (χ1) is 13.5. The number of nitrogens with zero attached hydrogens (tertiary/aromatic N) is 2. The van der Waals surface area contributed by atoms with E-state index in [1.54, 1.807) is 13.0 Å². The van der Waals surface area contributed by atoms with Crippen LogP contribution in [0.2, 0.25) is 0 Å². The van der Waals surface area contributed by atoms with Crippen molar-refractivity contribution in [3.63, 3.8) is 0 Å². The number of thiophene rings is 1. The third-order valence-electron chi connectivity index (χ3n) is 3.78. The van der Waals surface area contributed by atoms with E-state index in [0.717, 1.165) is 12.0 Å². The Bertz CT molecular complexity index is 773. The average Bonchev–Trinajstić information content (AvgIpc) is 3.21. The van der Waals surface area contributed by atoms with Gasteiger partial charge in [0.05, 0.1) is 11.5 Å². The quantitative estimate of drug-likeness (QED) is 0.346. The predicted molar refractivity (Wildman–Crippen MR) is 110 cm³/mol. The molecule has 0 bridgehead atoms. The molecule has 28 heavy (non-hydrogen) atoms. The molecule has 0 aliphatic heterocycles. The lowest BCUT2D eigenvalue weighted by molar-refractivity contribution is -0.135. The second-order valence-corrected chi connectivity index (χ2v) is 7.44. The fourth-order valence-electron chi connectivity index (χ4n) is 2.28. The van der Waals surface area contributed by atoms with Crippen molar-refractivity contribution in [2.24, 2.45) is 11.0 Å². The SMILES string of the molecule is CCOC(=O)C(=NN(CCC(C)C)C(=O)OCc1ccccc1)c1cccs1. The Labute approximate surface area is 169 Å². The maximum absolute atomic E-state index is 12.7. The van der Waals surface area contributed by atoms with E-state index < -0.39 is 12.1 Å². The normalized spacial score (nSPS) is 11.4. The van der Waals surface area contributed by atoms with E-state index in [1.165, 1.54) is 16.3 Å². The molecule has 0 aliphatic carbocycles. The molecule has 0 unspecified atom stereocenters. The minimum Gasteiger partial charge on any atom is -0.461 e. The maximum Gasteiger partial charge on any atom is 0.430 e. The van der Waals surface area contributed by atoms with Gasteiger partial charge in [-0.1, -0.05) is 50.2 Å². The highest BCUT2D eigenvalue weighted by atomic mass is 32.1. The second-order valence-electron chi connectivity index (χ2n) is 6.49. The molecule has 0 radical (unpaired) electrons. The van der Waals surface area contributed by atoms with Crippen LogP contribution in [-0.4, -0.2) is 35.9 Å². The zero-order valence-corrected chi connectivity index (χ0v) is 17.3. The Morgan fingerprint density at radius 2 is 1.86 bits per heavy atom. The Kier molecular flexibility index (Phi) is 8.68. The second kappa shape index (κ2) is 11.2. The van der Waals surface area contributed by atoms with Gasteiger partial charge in [0.15, 0.2) is 5.71 Å². The monoisotopic (exact) mass is 402 g/mol. The van der Waals surface area contributed by atoms with Gasteiger partial charge in [-0.05, 0) is 36.3 Å². The summed E-state index contributed by atoms with van der Waals surface area (Å²) in [6, 6.07) is 13.0. The first-order valence-corrected chi connectivity index (χ1v) is 10.2. The molecule has 0 saturated heterocycles. The molecule has 1 amide bonds. The maximum atomic E-state index is 12.7. The van der Waals surface area contributed by atoms with Crippen LogP contribution in [0.25, 0.3) is 0 Å². The zero-order chi connectivity index (χ0) is 20.4. The molecule has 0 saturated carbocycles. The lowest BCUT2D eigenvalue weighted by atomic mass is 10.1. The van der Waals surface area contributed by atoms with E-state index in [4.69, 9.17) is 9.47 Å². The van der Waals surface area contributed by atoms with Gasteiger partial charge in [-0.2, -0.15) is 10.1 Å². The van der Waals surface area contributed by atoms with E-state index in [0.29, 0.717) is 17.3 Å². The van der Waals surface area contributed by atoms with Crippen molar-refractivity contribution in [2.45, 2.75) is 33.8 Å². The topological polar surface area (TPSA) is 68.2 Å². The summed E-state index contributed by atoms with van der Waals surface area (Å²) in [6.45, 7) is 6.56. The average molecular weight is 403 g/mol. The molecule has 0 N–H and O–H groups in total. The number of hydrazone groups is 1. The van der Waals surface area contributed by atoms with Crippen LogP contribution >= 0.6 is 11.3 Å². The molecular formula is C21H26N2O4S. The van der Waals surface area contributed by atoms with E-state index in [-0.39, 0.29) is 18.9 Å². The van der Waals surface area contributed by atoms with Crippen LogP contribution in [0.1, 0.15) is 37.6 Å². The number of hydrogen-bond acceptors (Lipinski definition) is 6. The Hall–Kier alpha value is -2.67. The lowest BCUT2D eigenvalue weighted by Gasteiger charge is -2.19. The predicted octanol–water partition coefficient (Wildman–Crippen LogP) is 4.70. The summed E-state index contributed by atoms with van der Waals surface area (Å²) in [7, 11) is 0. The number of esters is 1. The van der Waals surface area contributed by atoms with Crippen LogP contribution in [0.5, 0.6) is 0 Å². The number of ether oxygens (including phenoxy) is 2. The minimum absolute atomic E-state index is 0.109. The Morgan fingerprint density at radius 3 is 2.46 bits per heavy atom. The van der Waals surface area contributed by atoms with Gasteiger partial charge in [0, 0.05) is 6.54 Å². The van der Waals surface area contributed by atoms with Gasteiger partial charge >= 0.3 is 12.1 Å². The first kappa shape index (κ1) is 21.6. The fourth-order valence-corrected chi connectivity index (χ4v) is 2.98. The number of carbonyl (C=O) groups excluding carboxylic acids is 2. The number of amides is 1. The standard InChI is InChI=1S/C21H26N2O4S/c1-4-26-20(24)19(18-11-8-14-28-18)22-23(13-12-16(2)3)21(25)27-15-17-9-6-5-7-10-17/h5-11,14,16H,4,12-13,15H2,1-3H3. The highest BCUT2D eigenvalue weighted by Crippen LogP contribution is 2.14. The summed E-state index contributed by atoms with van der Waals surface area (Å²) < 4.78 is 10.5. The van der Waals surface area contributed by atoms with Gasteiger partial charge in [0.25, 0.3) is 0 Å². The van der Waals surface area contributed by atoms with Gasteiger partial charge in [-0.15, -0.1) is 11.3 Å². The zero-order valence-electron chi connectivity index (χ0n) is 16.5. The van der Waals surface area contributed by atoms with Crippen LogP contribution < -0.4 is 0 Å². The smallest absolute Gasteiger partial charge is 0.430 e. The third kappa shape index (κ3) is 6.81. The van der Waals surface area contributed by atoms with Crippen molar-refractivity contribution in [3.05, 3.63) is 58.3 Å². The molecule has 0 aliphatic rings. The van der Waals surface area contributed by atoms with E-state index in [1.807, 2.05) is 41.8 Å². The lowest BCUT2D eigenvalue weighted by Crippen LogP contribution is -2.32. The summed E-state index contributed by atoms with van der Waals surface area (Å²) in [5.41, 5.74) is 0.991. The summed E-state index contributed by atoms with van der Waals surface area (Å²) in [6.07, 6.45) is 0.132. The van der Waals surface area contributed by atoms with Crippen molar-refractivity contribution in [2.75, 3.05) is 13.2 Å². The number of carbonyl (C=O) groups is 2. The fraction of sp³-hybridized carbons (Fsp3) is 0.381. The summed E-state index contributed by atoms with van der Waals surface area (Å²) in [5, 5.41) is 7.39. The summed E-state index contributed by atoms with van der Waals surface area (Å²) in [5.74, 6) is -0.192. The first-order valence-electron chi connectivity index (χ1n) is 9.29. The molecule has 0 spiro atoms. The van der Waals surface area contributed by atoms with Crippen molar-refractivity contribution >= 4 is 29.1 Å². The molecule has 2 rings (SSSR count). The van der Waals surface area contributed by atoms with Crippen molar-refractivity contribution in [1.29, 1.82) is 0 Å². The third-order valence-corrected chi connectivity index (χ3v) is 4.65. The van der Waals surface area contributed by atoms with Crippen LogP contribution in [0.4, 0.5) is 4.79 Å². The van der Waals surface area contributed by atoms with Gasteiger partial charge in [-0.3, -0.25) is 0 Å². The molecule has 1 aromatic heterocycles. The van der Waals surface area contributed by atoms with Gasteiger partial charge in [0.2, 0.25) is 0 Å². The molecule has 7 heteroatoms. The number of hydrogen-bond donors (Lipinski definition) is 0. The molecule has 0 fully saturated rings. The molecule has 0 atom stereocenters. The molecule has 1 heterocycles. The van der Waals surface area contributed by atoms with Crippen LogP contribution in [-0.2, 0) is 20.9 Å². The molecule has 2 aromatic rings. The van der Waals surface area contributed by atoms with Gasteiger partial charge in [-0.25, -0.2) is 9.59 Å². The highest BCUT2D eigenvalue weighted by Gasteiger charge is 2.22. The number of benzene rings is 1. The molecular weight excluding hydrogens is 376 g/mol. The van der Waals surface area contributed by atoms with Crippen molar-refractivity contribution < 1.29 is 19.1 Å². The van der Waals surface area contributed by atoms with Crippen molar-refractivity contribution in [3.8, 4) is 0 Å². The van der Waals surface area contributed by atoms with E-state index in [9.17, 15) is 9.59 Å². The van der Waals surface area contributed by atoms with Crippen LogP contribution in [0.15, 0.2) is 52.9 Å². The molecule has 6 nitrogen and oxygen atoms in total. The summed E-state index contributed by atoms with van der Waals surface area (Å²) in [4.78, 5) is 25.7. The van der Waals surface area contributed by atoms with Crippen molar-refractivity contribution in [1.82, 2.24) is 5.01 Å². The summed E-state index contributed by atoms with van der Waals surface area (Å²) >= 11 is 1.36. The van der Waals surface area contributed by atoms with Crippen LogP contribution in [0.3, 0.4) is 0 Å². The number of rotatable bonds is 9. The minimum atomic E-state index is -0.595. The van der Waals surface area contributed by atoms with Crippen LogP contribution in [0, 0.1) is 5.92 Å². The highest BCUT2D eigenvalue weighted by molar-refractivity contribution is 7.13. The molecule has 1 aromatic carbocycles. The Balaban J connectivity index is 2.21. The van der Waals surface area contributed by atoms with Gasteiger partial charge in [0.1, 0.15) is 6.61 Å². The van der Waals surface area contributed by atoms with Gasteiger partial charge < -0.3 is 9.47 Å². The van der Waals surface area contributed by atoms with E-state index in [2.05, 4.69) is 18.9 Å². The largest absolute Gasteiger partial charge is 0.461 e. The van der Waals surface area contributed by atoms with E-state index >= 15 is 0 Å². The Morgan fingerprint density at radius 1 is 1.11 bits per heavy atom. The molecule has 150 valence electrons.